The van der Waals surface area contributed by atoms with Crippen LogP contribution in [0.15, 0.2) is 24.3 Å². The zero-order valence-electron chi connectivity index (χ0n) is 27.2. The van der Waals surface area contributed by atoms with Crippen LogP contribution in [0.2, 0.25) is 0 Å². The van der Waals surface area contributed by atoms with E-state index in [9.17, 15) is 34.2 Å². The van der Waals surface area contributed by atoms with Crippen LogP contribution < -0.4 is 10.6 Å². The lowest BCUT2D eigenvalue weighted by Gasteiger charge is -2.24. The molecule has 10 heteroatoms. The molecular weight excluding hydrogens is 574 g/mol. The molecule has 2 rings (SSSR count). The third-order valence-corrected chi connectivity index (χ3v) is 8.50. The summed E-state index contributed by atoms with van der Waals surface area (Å²) in [5, 5.41) is 24.1. The summed E-state index contributed by atoms with van der Waals surface area (Å²) >= 11 is 0. The first kappa shape index (κ1) is 37.8. The number of Topliss-reactive ketones (excluding diaryl/α,β-unsaturated/α-hetero) is 1. The van der Waals surface area contributed by atoms with Crippen molar-refractivity contribution in [3.63, 3.8) is 0 Å². The topological polar surface area (TPSA) is 153 Å². The first-order valence-corrected chi connectivity index (χ1v) is 17.1. The van der Waals surface area contributed by atoms with Gasteiger partial charge in [-0.25, -0.2) is 4.79 Å². The Morgan fingerprint density at radius 3 is 1.96 bits per heavy atom. The van der Waals surface area contributed by atoms with Gasteiger partial charge in [-0.3, -0.25) is 19.2 Å². The Labute approximate surface area is 268 Å². The number of likely N-dealkylation sites (tertiary alicyclic amines) is 1. The molecule has 10 nitrogen and oxygen atoms in total. The molecule has 1 aliphatic heterocycles. The summed E-state index contributed by atoms with van der Waals surface area (Å²) in [7, 11) is 0. The van der Waals surface area contributed by atoms with Gasteiger partial charge in [-0.2, -0.15) is 0 Å². The minimum absolute atomic E-state index is 0.0330. The van der Waals surface area contributed by atoms with Gasteiger partial charge in [0, 0.05) is 32.2 Å². The molecule has 1 saturated heterocycles. The number of carboxylic acid groups (broad SMARTS) is 1. The Bertz CT molecular complexity index is 1060. The number of carbonyl (C=O) groups is 5. The van der Waals surface area contributed by atoms with Gasteiger partial charge in [-0.05, 0) is 37.0 Å². The van der Waals surface area contributed by atoms with Crippen LogP contribution in [0.5, 0.6) is 5.75 Å². The van der Waals surface area contributed by atoms with Gasteiger partial charge in [0.25, 0.3) is 0 Å². The second kappa shape index (κ2) is 22.1. The average Bonchev–Trinajstić information content (AvgIpc) is 3.52. The van der Waals surface area contributed by atoms with Gasteiger partial charge < -0.3 is 25.7 Å². The minimum Gasteiger partial charge on any atom is -0.508 e. The second-order valence-corrected chi connectivity index (χ2v) is 12.3. The minimum atomic E-state index is -1.20. The molecule has 1 heterocycles. The highest BCUT2D eigenvalue weighted by Crippen LogP contribution is 2.20. The van der Waals surface area contributed by atoms with Crippen molar-refractivity contribution in [1.82, 2.24) is 15.5 Å². The van der Waals surface area contributed by atoms with Crippen molar-refractivity contribution in [2.24, 2.45) is 0 Å². The molecule has 0 aliphatic carbocycles. The predicted octanol–water partition coefficient (Wildman–Crippen LogP) is 5.44. The van der Waals surface area contributed by atoms with Gasteiger partial charge in [0.2, 0.25) is 17.7 Å². The molecule has 45 heavy (non-hydrogen) atoms. The molecule has 0 saturated carbocycles. The quantitative estimate of drug-likeness (QED) is 0.111. The van der Waals surface area contributed by atoms with Gasteiger partial charge >= 0.3 is 5.97 Å². The number of rotatable bonds is 24. The molecule has 1 aromatic rings. The molecule has 2 atom stereocenters. The molecule has 0 aromatic heterocycles. The van der Waals surface area contributed by atoms with E-state index in [4.69, 9.17) is 0 Å². The second-order valence-electron chi connectivity index (χ2n) is 12.3. The number of nitrogens with one attached hydrogen (secondary N) is 2. The summed E-state index contributed by atoms with van der Waals surface area (Å²) in [6, 6.07) is 4.22. The monoisotopic (exact) mass is 629 g/mol. The molecule has 0 unspecified atom stereocenters. The van der Waals surface area contributed by atoms with Crippen LogP contribution in [-0.4, -0.2) is 69.8 Å². The van der Waals surface area contributed by atoms with E-state index in [2.05, 4.69) is 17.6 Å². The van der Waals surface area contributed by atoms with Gasteiger partial charge in [0.05, 0.1) is 12.6 Å². The lowest BCUT2D eigenvalue weighted by molar-refractivity contribution is -0.142. The molecule has 3 amide bonds. The lowest BCUT2D eigenvalue weighted by Crippen LogP contribution is -2.46. The number of amides is 3. The number of hydrogen-bond donors (Lipinski definition) is 4. The van der Waals surface area contributed by atoms with Crippen molar-refractivity contribution in [2.45, 2.75) is 141 Å². The number of ketones is 1. The maximum Gasteiger partial charge on any atom is 0.326 e. The molecule has 0 radical (unpaired) electrons. The molecular formula is C35H55N3O7. The summed E-state index contributed by atoms with van der Waals surface area (Å²) in [4.78, 5) is 63.6. The number of unbranched alkanes of at least 4 members (excludes halogenated alkanes) is 12. The van der Waals surface area contributed by atoms with Crippen molar-refractivity contribution in [1.29, 1.82) is 0 Å². The highest BCUT2D eigenvalue weighted by molar-refractivity contribution is 5.93. The number of phenols is 1. The van der Waals surface area contributed by atoms with E-state index in [1.54, 1.807) is 12.1 Å². The predicted molar refractivity (Wildman–Crippen MR) is 174 cm³/mol. The lowest BCUT2D eigenvalue weighted by atomic mass is 10.0. The zero-order chi connectivity index (χ0) is 32.9. The fraction of sp³-hybridized carbons (Fsp3) is 0.686. The van der Waals surface area contributed by atoms with Crippen LogP contribution in [0.4, 0.5) is 0 Å². The number of carboxylic acids is 1. The molecule has 1 aromatic carbocycles. The highest BCUT2D eigenvalue weighted by Gasteiger charge is 2.34. The highest BCUT2D eigenvalue weighted by atomic mass is 16.4. The third-order valence-electron chi connectivity index (χ3n) is 8.50. The summed E-state index contributed by atoms with van der Waals surface area (Å²) in [6.45, 7) is 2.51. The number of aliphatic carboxylic acids is 1. The van der Waals surface area contributed by atoms with E-state index in [0.717, 1.165) is 19.3 Å². The Balaban J connectivity index is 1.59. The number of phenolic OH excluding ortho intramolecular Hbond substituents is 1. The van der Waals surface area contributed by atoms with Crippen LogP contribution in [0, 0.1) is 0 Å². The Hall–Kier alpha value is -3.43. The summed E-state index contributed by atoms with van der Waals surface area (Å²) in [5.74, 6) is -2.43. The van der Waals surface area contributed by atoms with Gasteiger partial charge in [0.15, 0.2) is 5.78 Å². The number of carbonyl (C=O) groups excluding carboxylic acids is 4. The van der Waals surface area contributed by atoms with Gasteiger partial charge in [-0.15, -0.1) is 0 Å². The van der Waals surface area contributed by atoms with Crippen LogP contribution in [-0.2, 0) is 30.4 Å². The van der Waals surface area contributed by atoms with Crippen molar-refractivity contribution in [3.8, 4) is 5.75 Å². The molecule has 1 aliphatic rings. The summed E-state index contributed by atoms with van der Waals surface area (Å²) in [5.41, 5.74) is 0.633. The molecule has 0 bridgehead atoms. The molecule has 4 N–H and O–H groups in total. The van der Waals surface area contributed by atoms with Crippen molar-refractivity contribution in [3.05, 3.63) is 29.8 Å². The standard InChI is InChI=1S/C35H55N3O7/c1-2-3-4-5-6-7-8-9-10-11-12-13-14-17-32(41)36-26-34(43)38-24-15-16-30(38)31(40)22-23-33(42)37-29(35(44)45)25-27-18-20-28(39)21-19-27/h18-21,29-30,39H,2-17,22-26H2,1H3,(H,36,41)(H,37,42)(H,44,45)/t29-,30-/m0/s1. The number of benzene rings is 1. The van der Waals surface area contributed by atoms with Crippen LogP contribution >= 0.6 is 0 Å². The van der Waals surface area contributed by atoms with Crippen LogP contribution in [0.3, 0.4) is 0 Å². The van der Waals surface area contributed by atoms with Crippen LogP contribution in [0.1, 0.15) is 128 Å². The first-order valence-electron chi connectivity index (χ1n) is 17.1. The van der Waals surface area contributed by atoms with Gasteiger partial charge in [0.1, 0.15) is 11.8 Å². The van der Waals surface area contributed by atoms with E-state index in [-0.39, 0.29) is 49.2 Å². The molecule has 0 spiro atoms. The summed E-state index contributed by atoms with van der Waals surface area (Å²) in [6.07, 6.45) is 17.3. The summed E-state index contributed by atoms with van der Waals surface area (Å²) < 4.78 is 0. The molecule has 1 fully saturated rings. The maximum atomic E-state index is 12.9. The SMILES string of the molecule is CCCCCCCCCCCCCCCC(=O)NCC(=O)N1CCC[C@H]1C(=O)CCC(=O)N[C@@H](Cc1ccc(O)cc1)C(=O)O. The van der Waals surface area contributed by atoms with Crippen molar-refractivity contribution in [2.75, 3.05) is 13.1 Å². The fourth-order valence-corrected chi connectivity index (χ4v) is 5.81. The fourth-order valence-electron chi connectivity index (χ4n) is 5.81. The Morgan fingerprint density at radius 1 is 0.800 bits per heavy atom. The van der Waals surface area contributed by atoms with Gasteiger partial charge in [-0.1, -0.05) is 96.1 Å². The van der Waals surface area contributed by atoms with E-state index >= 15 is 0 Å². The zero-order valence-corrected chi connectivity index (χ0v) is 27.2. The average molecular weight is 630 g/mol. The van der Waals surface area contributed by atoms with Crippen LogP contribution in [0.25, 0.3) is 0 Å². The Morgan fingerprint density at radius 2 is 1.38 bits per heavy atom. The molecule has 252 valence electrons. The van der Waals surface area contributed by atoms with Crippen molar-refractivity contribution < 1.29 is 34.2 Å². The Kier molecular flexibility index (Phi) is 18.6. The third kappa shape index (κ3) is 15.9. The largest absolute Gasteiger partial charge is 0.508 e. The number of hydrogen-bond acceptors (Lipinski definition) is 6. The number of aromatic hydroxyl groups is 1. The smallest absolute Gasteiger partial charge is 0.326 e. The first-order chi connectivity index (χ1) is 21.7. The normalized spacial score (nSPS) is 15.0. The maximum absolute atomic E-state index is 12.9. The van der Waals surface area contributed by atoms with E-state index in [0.29, 0.717) is 31.4 Å². The van der Waals surface area contributed by atoms with E-state index in [1.165, 1.54) is 81.2 Å². The van der Waals surface area contributed by atoms with E-state index in [1.807, 2.05) is 0 Å². The van der Waals surface area contributed by atoms with E-state index < -0.39 is 24.0 Å². The van der Waals surface area contributed by atoms with Crippen molar-refractivity contribution >= 4 is 29.5 Å². The number of nitrogens with zero attached hydrogens (tertiary/aromatic N) is 1.